The van der Waals surface area contributed by atoms with E-state index in [2.05, 4.69) is 10.3 Å². The molecule has 10 nitrogen and oxygen atoms in total. The molecule has 3 rings (SSSR count). The maximum atomic E-state index is 13.8. The molecule has 1 saturated heterocycles. The lowest BCUT2D eigenvalue weighted by atomic mass is 10.2. The van der Waals surface area contributed by atoms with Gasteiger partial charge in [-0.05, 0) is 6.92 Å². The summed E-state index contributed by atoms with van der Waals surface area (Å²) in [5.74, 6) is -6.96. The van der Waals surface area contributed by atoms with Crippen LogP contribution in [0, 0.1) is 17.5 Å². The van der Waals surface area contributed by atoms with Crippen molar-refractivity contribution in [2.45, 2.75) is 6.92 Å². The van der Waals surface area contributed by atoms with Crippen LogP contribution in [0.5, 0.6) is 0 Å². The Hall–Kier alpha value is -3.50. The lowest BCUT2D eigenvalue weighted by Crippen LogP contribution is -2.33. The third-order valence-corrected chi connectivity index (χ3v) is 6.28. The minimum absolute atomic E-state index is 0.0514. The number of thiocarbonyl (C=S) groups is 1. The number of ether oxygens (including phenoxy) is 1. The van der Waals surface area contributed by atoms with E-state index in [0.29, 0.717) is 23.9 Å². The predicted molar refractivity (Wildman–Crippen MR) is 124 cm³/mol. The number of benzene rings is 1. The van der Waals surface area contributed by atoms with Crippen molar-refractivity contribution >= 4 is 79.9 Å². The van der Waals surface area contributed by atoms with Gasteiger partial charge in [0, 0.05) is 17.5 Å². The number of carbonyl (C=O) groups excluding carboxylic acids is 3. The number of halogens is 3. The molecule has 3 amide bonds. The van der Waals surface area contributed by atoms with Gasteiger partial charge in [0.25, 0.3) is 5.91 Å². The number of aliphatic carboxylic acids is 1. The Bertz CT molecular complexity index is 1260. The molecule has 0 saturated carbocycles. The largest absolute Gasteiger partial charge is 0.480 e. The Morgan fingerprint density at radius 3 is 2.46 bits per heavy atom. The standard InChI is InChI=1S/C19H13F3N4O6S3/c1-2-32-16(30)12(14-15(29)26(5-11(27)28)19(33)35-14)10-6-34-18(23-10)25-17(31)24-13-8(21)3-7(20)4-9(13)22/h3-4,6H,2,5H2,1H3,(H,27,28)(H2,23,24,25,31)/b14-12+. The molecule has 1 aliphatic heterocycles. The molecule has 2 heterocycles. The second-order valence-electron chi connectivity index (χ2n) is 6.44. The van der Waals surface area contributed by atoms with Crippen LogP contribution in [0.3, 0.4) is 0 Å². The first-order valence-corrected chi connectivity index (χ1v) is 11.5. The smallest absolute Gasteiger partial charge is 0.341 e. The van der Waals surface area contributed by atoms with Gasteiger partial charge in [0.05, 0.1) is 17.2 Å². The molecule has 1 aromatic heterocycles. The molecule has 184 valence electrons. The summed E-state index contributed by atoms with van der Waals surface area (Å²) in [5, 5.41) is 14.2. The van der Waals surface area contributed by atoms with Crippen LogP contribution in [0.2, 0.25) is 0 Å². The van der Waals surface area contributed by atoms with Gasteiger partial charge in [-0.3, -0.25) is 19.8 Å². The highest BCUT2D eigenvalue weighted by Crippen LogP contribution is 2.38. The number of esters is 1. The van der Waals surface area contributed by atoms with Crippen LogP contribution in [-0.2, 0) is 19.1 Å². The molecular formula is C19H13F3N4O6S3. The van der Waals surface area contributed by atoms with Crippen molar-refractivity contribution in [1.29, 1.82) is 0 Å². The quantitative estimate of drug-likeness (QED) is 0.271. The van der Waals surface area contributed by atoms with E-state index < -0.39 is 53.6 Å². The summed E-state index contributed by atoms with van der Waals surface area (Å²) in [6.07, 6.45) is 0. The summed E-state index contributed by atoms with van der Waals surface area (Å²) >= 11 is 6.52. The Kier molecular flexibility index (Phi) is 8.08. The Balaban J connectivity index is 1.88. The molecular weight excluding hydrogens is 533 g/mol. The Morgan fingerprint density at radius 2 is 1.86 bits per heavy atom. The highest BCUT2D eigenvalue weighted by atomic mass is 32.2. The van der Waals surface area contributed by atoms with E-state index in [0.717, 1.165) is 16.2 Å². The number of thioether (sulfide) groups is 1. The number of anilines is 2. The SMILES string of the molecule is CCOC(=O)/C(=C1/SC(=S)N(CC(=O)O)C1=O)c1csc(NC(=O)Nc2c(F)cc(F)cc2F)n1. The van der Waals surface area contributed by atoms with E-state index in [-0.39, 0.29) is 32.2 Å². The monoisotopic (exact) mass is 546 g/mol. The van der Waals surface area contributed by atoms with Crippen molar-refractivity contribution in [3.63, 3.8) is 0 Å². The van der Waals surface area contributed by atoms with Crippen LogP contribution in [0.25, 0.3) is 5.57 Å². The van der Waals surface area contributed by atoms with Crippen LogP contribution in [0.15, 0.2) is 22.4 Å². The van der Waals surface area contributed by atoms with Gasteiger partial charge in [-0.25, -0.2) is 27.7 Å². The molecule has 1 aromatic carbocycles. The van der Waals surface area contributed by atoms with Gasteiger partial charge < -0.3 is 15.2 Å². The Morgan fingerprint density at radius 1 is 1.20 bits per heavy atom. The van der Waals surface area contributed by atoms with Crippen LogP contribution in [-0.4, -0.2) is 56.3 Å². The molecule has 3 N–H and O–H groups in total. The third kappa shape index (κ3) is 5.95. The number of nitrogens with one attached hydrogen (secondary N) is 2. The molecule has 35 heavy (non-hydrogen) atoms. The molecule has 1 fully saturated rings. The van der Waals surface area contributed by atoms with Gasteiger partial charge in [0.1, 0.15) is 27.9 Å². The number of urea groups is 1. The zero-order valence-corrected chi connectivity index (χ0v) is 19.8. The zero-order chi connectivity index (χ0) is 25.9. The number of carbonyl (C=O) groups is 4. The van der Waals surface area contributed by atoms with Crippen molar-refractivity contribution in [2.24, 2.45) is 0 Å². The lowest BCUT2D eigenvalue weighted by Gasteiger charge is -2.11. The second-order valence-corrected chi connectivity index (χ2v) is 8.94. The van der Waals surface area contributed by atoms with Gasteiger partial charge in [-0.1, -0.05) is 24.0 Å². The van der Waals surface area contributed by atoms with Crippen LogP contribution in [0.4, 0.5) is 28.8 Å². The highest BCUT2D eigenvalue weighted by Gasteiger charge is 2.38. The fraction of sp³-hybridized carbons (Fsp3) is 0.158. The normalized spacial score (nSPS) is 14.7. The number of hydrogen-bond donors (Lipinski definition) is 3. The summed E-state index contributed by atoms with van der Waals surface area (Å²) in [6.45, 7) is 0.756. The number of amides is 3. The maximum absolute atomic E-state index is 13.8. The summed E-state index contributed by atoms with van der Waals surface area (Å²) in [6, 6.07) is -0.362. The van der Waals surface area contributed by atoms with E-state index in [4.69, 9.17) is 22.1 Å². The van der Waals surface area contributed by atoms with Crippen molar-refractivity contribution in [1.82, 2.24) is 9.88 Å². The fourth-order valence-electron chi connectivity index (χ4n) is 2.69. The molecule has 0 unspecified atom stereocenters. The lowest BCUT2D eigenvalue weighted by molar-refractivity contribution is -0.140. The summed E-state index contributed by atoms with van der Waals surface area (Å²) in [7, 11) is 0. The van der Waals surface area contributed by atoms with Crippen molar-refractivity contribution in [3.05, 3.63) is 45.6 Å². The zero-order valence-electron chi connectivity index (χ0n) is 17.4. The maximum Gasteiger partial charge on any atom is 0.341 e. The number of rotatable bonds is 7. The molecule has 0 radical (unpaired) electrons. The molecule has 0 atom stereocenters. The van der Waals surface area contributed by atoms with Gasteiger partial charge in [0.15, 0.2) is 16.8 Å². The number of thiazole rings is 1. The average molecular weight is 547 g/mol. The summed E-state index contributed by atoms with van der Waals surface area (Å²) in [4.78, 5) is 53.2. The van der Waals surface area contributed by atoms with Gasteiger partial charge in [-0.15, -0.1) is 11.3 Å². The van der Waals surface area contributed by atoms with Crippen LogP contribution < -0.4 is 10.6 Å². The molecule has 0 aliphatic carbocycles. The van der Waals surface area contributed by atoms with E-state index in [1.807, 2.05) is 5.32 Å². The van der Waals surface area contributed by atoms with E-state index in [1.54, 1.807) is 0 Å². The minimum Gasteiger partial charge on any atom is -0.480 e. The molecule has 0 spiro atoms. The molecule has 2 aromatic rings. The first-order chi connectivity index (χ1) is 16.5. The van der Waals surface area contributed by atoms with Gasteiger partial charge in [0.2, 0.25) is 0 Å². The molecule has 0 bridgehead atoms. The van der Waals surface area contributed by atoms with Crippen molar-refractivity contribution in [2.75, 3.05) is 23.8 Å². The number of hydrogen-bond acceptors (Lipinski definition) is 9. The van der Waals surface area contributed by atoms with Crippen molar-refractivity contribution < 1.29 is 42.2 Å². The molecule has 1 aliphatic rings. The second kappa shape index (κ2) is 10.8. The number of carboxylic acid groups (broad SMARTS) is 1. The first-order valence-electron chi connectivity index (χ1n) is 9.37. The van der Waals surface area contributed by atoms with Crippen LogP contribution >= 0.6 is 35.3 Å². The first kappa shape index (κ1) is 26.1. The Labute approximate surface area is 208 Å². The fourth-order valence-corrected chi connectivity index (χ4v) is 4.70. The van der Waals surface area contributed by atoms with Gasteiger partial charge >= 0.3 is 18.0 Å². The summed E-state index contributed by atoms with van der Waals surface area (Å²) in [5.41, 5.74) is -1.30. The summed E-state index contributed by atoms with van der Waals surface area (Å²) < 4.78 is 45.4. The number of aromatic nitrogens is 1. The topological polar surface area (TPSA) is 138 Å². The number of nitrogens with zero attached hydrogens (tertiary/aromatic N) is 2. The van der Waals surface area contributed by atoms with Gasteiger partial charge in [-0.2, -0.15) is 0 Å². The minimum atomic E-state index is -1.34. The third-order valence-electron chi connectivity index (χ3n) is 4.08. The highest BCUT2D eigenvalue weighted by molar-refractivity contribution is 8.26. The molecule has 16 heteroatoms. The predicted octanol–water partition coefficient (Wildman–Crippen LogP) is 3.42. The van der Waals surface area contributed by atoms with Crippen LogP contribution in [0.1, 0.15) is 12.6 Å². The van der Waals surface area contributed by atoms with E-state index >= 15 is 0 Å². The number of carboxylic acids is 1. The average Bonchev–Trinajstić information content (AvgIpc) is 3.31. The van der Waals surface area contributed by atoms with E-state index in [1.165, 1.54) is 12.3 Å². The van der Waals surface area contributed by atoms with E-state index in [9.17, 15) is 32.3 Å². The van der Waals surface area contributed by atoms with Crippen molar-refractivity contribution in [3.8, 4) is 0 Å².